The molecule has 2 saturated heterocycles. The van der Waals surface area contributed by atoms with Crippen LogP contribution in [-0.2, 0) is 9.53 Å². The Balaban J connectivity index is 1.71. The van der Waals surface area contributed by atoms with Crippen LogP contribution in [0.2, 0.25) is 0 Å². The average Bonchev–Trinajstić information content (AvgIpc) is 3.17. The Labute approximate surface area is 156 Å². The van der Waals surface area contributed by atoms with Gasteiger partial charge in [0.05, 0.1) is 18.3 Å². The van der Waals surface area contributed by atoms with E-state index in [9.17, 15) is 9.90 Å². The van der Waals surface area contributed by atoms with Gasteiger partial charge in [-0.3, -0.25) is 4.79 Å². The van der Waals surface area contributed by atoms with Crippen molar-refractivity contribution in [1.29, 1.82) is 0 Å². The maximum Gasteiger partial charge on any atom is 0.303 e. The highest BCUT2D eigenvalue weighted by atomic mass is 32.2. The molecule has 25 heavy (non-hydrogen) atoms. The fourth-order valence-electron chi connectivity index (χ4n) is 3.95. The molecule has 0 spiro atoms. The summed E-state index contributed by atoms with van der Waals surface area (Å²) < 4.78 is 6.11. The molecule has 0 radical (unpaired) electrons. The Morgan fingerprint density at radius 1 is 1.24 bits per heavy atom. The number of thioether (sulfide) groups is 1. The van der Waals surface area contributed by atoms with Crippen LogP contribution in [-0.4, -0.2) is 46.0 Å². The van der Waals surface area contributed by atoms with Gasteiger partial charge in [0.15, 0.2) is 0 Å². The minimum atomic E-state index is -0.700. The molecule has 2 bridgehead atoms. The number of aliphatic carboxylic acids is 1. The zero-order valence-electron chi connectivity index (χ0n) is 15.4. The summed E-state index contributed by atoms with van der Waals surface area (Å²) in [6.45, 7) is 2.18. The summed E-state index contributed by atoms with van der Waals surface area (Å²) in [5.74, 6) is 2.38. The van der Waals surface area contributed by atoms with E-state index in [1.807, 2.05) is 17.8 Å². The van der Waals surface area contributed by atoms with Crippen molar-refractivity contribution in [2.24, 2.45) is 11.8 Å². The van der Waals surface area contributed by atoms with E-state index in [1.54, 1.807) is 0 Å². The van der Waals surface area contributed by atoms with E-state index in [1.165, 1.54) is 12.8 Å². The molecule has 2 aliphatic rings. The third kappa shape index (κ3) is 6.95. The molecule has 0 aromatic heterocycles. The monoisotopic (exact) mass is 370 g/mol. The van der Waals surface area contributed by atoms with E-state index < -0.39 is 5.97 Å². The van der Waals surface area contributed by atoms with Crippen molar-refractivity contribution in [3.8, 4) is 0 Å². The van der Waals surface area contributed by atoms with Crippen molar-refractivity contribution in [1.82, 2.24) is 0 Å². The van der Waals surface area contributed by atoms with Gasteiger partial charge >= 0.3 is 5.97 Å². The maximum absolute atomic E-state index is 10.5. The summed E-state index contributed by atoms with van der Waals surface area (Å²) >= 11 is 1.93. The predicted molar refractivity (Wildman–Crippen MR) is 103 cm³/mol. The minimum Gasteiger partial charge on any atom is -0.481 e. The third-order valence-corrected chi connectivity index (χ3v) is 6.58. The van der Waals surface area contributed by atoms with Crippen LogP contribution in [0.15, 0.2) is 12.2 Å². The summed E-state index contributed by atoms with van der Waals surface area (Å²) in [5.41, 5.74) is 0. The maximum atomic E-state index is 10.5. The Morgan fingerprint density at radius 2 is 2.04 bits per heavy atom. The highest BCUT2D eigenvalue weighted by Crippen LogP contribution is 2.45. The number of hydrogen-bond acceptors (Lipinski definition) is 4. The molecule has 0 aliphatic carbocycles. The van der Waals surface area contributed by atoms with Crippen LogP contribution in [0.4, 0.5) is 0 Å². The highest BCUT2D eigenvalue weighted by molar-refractivity contribution is 7.99. The van der Waals surface area contributed by atoms with Gasteiger partial charge in [0.1, 0.15) is 0 Å². The second kappa shape index (κ2) is 11.2. The number of fused-ring (bicyclic) bond motifs is 2. The smallest absolute Gasteiger partial charge is 0.303 e. The number of aliphatic hydroxyl groups is 1. The molecule has 4 nitrogen and oxygen atoms in total. The van der Waals surface area contributed by atoms with Crippen LogP contribution >= 0.6 is 11.8 Å². The van der Waals surface area contributed by atoms with Gasteiger partial charge in [-0.15, -0.1) is 0 Å². The number of unbranched alkanes of at least 4 members (excludes halogenated alkanes) is 3. The summed E-state index contributed by atoms with van der Waals surface area (Å²) in [5, 5.41) is 18.8. The second-order valence-electron chi connectivity index (χ2n) is 7.41. The van der Waals surface area contributed by atoms with Gasteiger partial charge in [-0.2, -0.15) is 11.8 Å². The van der Waals surface area contributed by atoms with Crippen molar-refractivity contribution < 1.29 is 19.7 Å². The Hall–Kier alpha value is -0.520. The Morgan fingerprint density at radius 3 is 2.80 bits per heavy atom. The second-order valence-corrected chi connectivity index (χ2v) is 8.56. The number of carboxylic acids is 1. The van der Waals surface area contributed by atoms with Gasteiger partial charge in [0.2, 0.25) is 0 Å². The molecule has 2 aliphatic heterocycles. The largest absolute Gasteiger partial charge is 0.481 e. The van der Waals surface area contributed by atoms with Crippen LogP contribution in [0, 0.1) is 11.8 Å². The molecule has 0 amide bonds. The highest BCUT2D eigenvalue weighted by Gasteiger charge is 2.47. The Kier molecular flexibility index (Phi) is 9.35. The van der Waals surface area contributed by atoms with Crippen LogP contribution in [0.5, 0.6) is 0 Å². The van der Waals surface area contributed by atoms with E-state index in [-0.39, 0.29) is 12.5 Å². The van der Waals surface area contributed by atoms with Crippen LogP contribution in [0.1, 0.15) is 64.7 Å². The molecule has 0 aromatic carbocycles. The van der Waals surface area contributed by atoms with Gasteiger partial charge in [-0.25, -0.2) is 0 Å². The van der Waals surface area contributed by atoms with E-state index in [2.05, 4.69) is 13.0 Å². The molecule has 2 fully saturated rings. The molecule has 5 heteroatoms. The normalized spacial score (nSPS) is 29.5. The standard InChI is InChI=1S/C20H34O4S/c1-2-3-4-7-15(21)9-10-16-17(19-12-11-18(16)24-19)14-25-13-6-5-8-20(22)23/h9-10,15-19,21H,2-8,11-14H2,1H3,(H,22,23)/t15?,16-,17+,18-,19+/m1/s1. The molecule has 0 aromatic rings. The van der Waals surface area contributed by atoms with Crippen molar-refractivity contribution in [3.05, 3.63) is 12.2 Å². The summed E-state index contributed by atoms with van der Waals surface area (Å²) in [6, 6.07) is 0. The molecular formula is C20H34O4S. The number of hydrogen-bond donors (Lipinski definition) is 2. The summed E-state index contributed by atoms with van der Waals surface area (Å²) in [6.07, 6.45) is 13.2. The molecule has 2 heterocycles. The average molecular weight is 371 g/mol. The molecular weight excluding hydrogens is 336 g/mol. The minimum absolute atomic E-state index is 0.277. The lowest BCUT2D eigenvalue weighted by Gasteiger charge is -2.25. The molecule has 2 N–H and O–H groups in total. The Bertz CT molecular complexity index is 426. The number of ether oxygens (including phenoxy) is 1. The van der Waals surface area contributed by atoms with Crippen molar-refractivity contribution in [2.75, 3.05) is 11.5 Å². The molecule has 144 valence electrons. The van der Waals surface area contributed by atoms with Crippen LogP contribution < -0.4 is 0 Å². The van der Waals surface area contributed by atoms with Crippen molar-refractivity contribution >= 4 is 17.7 Å². The zero-order chi connectivity index (χ0) is 18.1. The fourth-order valence-corrected chi connectivity index (χ4v) is 5.24. The number of carboxylic acid groups (broad SMARTS) is 1. The van der Waals surface area contributed by atoms with Gasteiger partial charge < -0.3 is 14.9 Å². The first-order valence-electron chi connectivity index (χ1n) is 9.93. The third-order valence-electron chi connectivity index (χ3n) is 5.39. The van der Waals surface area contributed by atoms with Gasteiger partial charge in [0.25, 0.3) is 0 Å². The van der Waals surface area contributed by atoms with E-state index >= 15 is 0 Å². The molecule has 2 rings (SSSR count). The lowest BCUT2D eigenvalue weighted by Crippen LogP contribution is -2.28. The number of carbonyl (C=O) groups is 1. The SMILES string of the molecule is CCCCCC(O)C=C[C@@H]1[C@H](CSCCCCC(=O)O)[C@@H]2CC[C@H]1O2. The fraction of sp³-hybridized carbons (Fsp3) is 0.850. The van der Waals surface area contributed by atoms with Gasteiger partial charge in [-0.05, 0) is 43.6 Å². The molecule has 0 saturated carbocycles. The first-order chi connectivity index (χ1) is 12.1. The first kappa shape index (κ1) is 20.8. The number of rotatable bonds is 13. The number of aliphatic hydroxyl groups excluding tert-OH is 1. The lowest BCUT2D eigenvalue weighted by atomic mass is 9.80. The van der Waals surface area contributed by atoms with Crippen LogP contribution in [0.25, 0.3) is 0 Å². The van der Waals surface area contributed by atoms with Crippen molar-refractivity contribution in [3.63, 3.8) is 0 Å². The summed E-state index contributed by atoms with van der Waals surface area (Å²) in [7, 11) is 0. The first-order valence-corrected chi connectivity index (χ1v) is 11.1. The van der Waals surface area contributed by atoms with E-state index in [0.29, 0.717) is 24.0 Å². The van der Waals surface area contributed by atoms with Gasteiger partial charge in [0, 0.05) is 18.3 Å². The zero-order valence-corrected chi connectivity index (χ0v) is 16.3. The van der Waals surface area contributed by atoms with Gasteiger partial charge in [-0.1, -0.05) is 38.3 Å². The quantitative estimate of drug-likeness (QED) is 0.374. The topological polar surface area (TPSA) is 66.8 Å². The van der Waals surface area contributed by atoms with E-state index in [4.69, 9.17) is 9.84 Å². The molecule has 5 atom stereocenters. The lowest BCUT2D eigenvalue weighted by molar-refractivity contribution is -0.137. The van der Waals surface area contributed by atoms with Crippen LogP contribution in [0.3, 0.4) is 0 Å². The predicted octanol–water partition coefficient (Wildman–Crippen LogP) is 4.27. The van der Waals surface area contributed by atoms with E-state index in [0.717, 1.165) is 50.0 Å². The summed E-state index contributed by atoms with van der Waals surface area (Å²) in [4.78, 5) is 10.5. The van der Waals surface area contributed by atoms with Crippen molar-refractivity contribution in [2.45, 2.75) is 83.0 Å². The molecule has 1 unspecified atom stereocenters.